The van der Waals surface area contributed by atoms with Crippen LogP contribution < -0.4 is 15.4 Å². The van der Waals surface area contributed by atoms with E-state index in [9.17, 15) is 4.79 Å². The molecule has 0 saturated heterocycles. The summed E-state index contributed by atoms with van der Waals surface area (Å²) in [5.41, 5.74) is 3.44. The van der Waals surface area contributed by atoms with E-state index < -0.39 is 0 Å². The summed E-state index contributed by atoms with van der Waals surface area (Å²) in [7, 11) is 1.56. The van der Waals surface area contributed by atoms with E-state index in [1.54, 1.807) is 37.6 Å². The molecule has 0 aliphatic carbocycles. The molecule has 6 heteroatoms. The molecule has 132 valence electrons. The minimum Gasteiger partial charge on any atom is -0.495 e. The topological polar surface area (TPSA) is 63.2 Å². The van der Waals surface area contributed by atoms with Crippen LogP contribution in [0.4, 0.5) is 17.1 Å². The minimum absolute atomic E-state index is 0.292. The number of benzene rings is 2. The third kappa shape index (κ3) is 3.95. The first-order valence-corrected chi connectivity index (χ1v) is 8.39. The van der Waals surface area contributed by atoms with Crippen molar-refractivity contribution >= 4 is 34.6 Å². The molecule has 0 unspecified atom stereocenters. The molecule has 0 aliphatic rings. The molecule has 2 N–H and O–H groups in total. The standard InChI is InChI=1S/C20H18ClN3O2/c1-13-15(21)6-5-8-16(13)23-14-10-11-22-18(12-14)20(25)24-17-7-3-4-9-19(17)26-2/h3-12H,1-2H3,(H,22,23)(H,24,25). The van der Waals surface area contributed by atoms with Gasteiger partial charge in [-0.05, 0) is 48.9 Å². The van der Waals surface area contributed by atoms with Crippen molar-refractivity contribution in [2.24, 2.45) is 0 Å². The van der Waals surface area contributed by atoms with Gasteiger partial charge in [-0.3, -0.25) is 9.78 Å². The van der Waals surface area contributed by atoms with E-state index in [-0.39, 0.29) is 5.91 Å². The maximum absolute atomic E-state index is 12.5. The summed E-state index contributed by atoms with van der Waals surface area (Å²) >= 11 is 6.15. The number of hydrogen-bond acceptors (Lipinski definition) is 4. The highest BCUT2D eigenvalue weighted by Gasteiger charge is 2.12. The summed E-state index contributed by atoms with van der Waals surface area (Å²) in [6.07, 6.45) is 1.58. The van der Waals surface area contributed by atoms with Crippen LogP contribution in [0.2, 0.25) is 5.02 Å². The fraction of sp³-hybridized carbons (Fsp3) is 0.100. The highest BCUT2D eigenvalue weighted by Crippen LogP contribution is 2.27. The fourth-order valence-corrected chi connectivity index (χ4v) is 2.64. The predicted molar refractivity (Wildman–Crippen MR) is 105 cm³/mol. The monoisotopic (exact) mass is 367 g/mol. The minimum atomic E-state index is -0.319. The SMILES string of the molecule is COc1ccccc1NC(=O)c1cc(Nc2cccc(Cl)c2C)ccn1. The van der Waals surface area contributed by atoms with Crippen molar-refractivity contribution in [3.05, 3.63) is 77.1 Å². The Labute approximate surface area is 157 Å². The number of nitrogens with one attached hydrogen (secondary N) is 2. The number of pyridine rings is 1. The second kappa shape index (κ2) is 7.89. The van der Waals surface area contributed by atoms with E-state index in [1.165, 1.54) is 0 Å². The van der Waals surface area contributed by atoms with Gasteiger partial charge in [-0.2, -0.15) is 0 Å². The van der Waals surface area contributed by atoms with Crippen LogP contribution in [0.25, 0.3) is 0 Å². The number of para-hydroxylation sites is 2. The molecule has 1 aromatic heterocycles. The number of carbonyl (C=O) groups excluding carboxylic acids is 1. The summed E-state index contributed by atoms with van der Waals surface area (Å²) in [6.45, 7) is 1.93. The number of anilines is 3. The van der Waals surface area contributed by atoms with E-state index in [0.717, 1.165) is 16.9 Å². The van der Waals surface area contributed by atoms with Gasteiger partial charge in [0.05, 0.1) is 12.8 Å². The number of nitrogens with zero attached hydrogens (tertiary/aromatic N) is 1. The zero-order chi connectivity index (χ0) is 18.5. The number of methoxy groups -OCH3 is 1. The molecule has 0 atom stereocenters. The first kappa shape index (κ1) is 17.8. The van der Waals surface area contributed by atoms with Crippen molar-refractivity contribution in [3.63, 3.8) is 0 Å². The molecule has 0 saturated carbocycles. The highest BCUT2D eigenvalue weighted by atomic mass is 35.5. The van der Waals surface area contributed by atoms with Crippen LogP contribution in [-0.4, -0.2) is 18.0 Å². The molecular formula is C20H18ClN3O2. The quantitative estimate of drug-likeness (QED) is 0.662. The van der Waals surface area contributed by atoms with Gasteiger partial charge >= 0.3 is 0 Å². The van der Waals surface area contributed by atoms with Crippen LogP contribution in [0, 0.1) is 6.92 Å². The van der Waals surface area contributed by atoms with Crippen LogP contribution in [0.5, 0.6) is 5.75 Å². The molecule has 0 bridgehead atoms. The number of hydrogen-bond donors (Lipinski definition) is 2. The van der Waals surface area contributed by atoms with Gasteiger partial charge in [-0.1, -0.05) is 29.8 Å². The number of aromatic nitrogens is 1. The Bertz CT molecular complexity index is 944. The van der Waals surface area contributed by atoms with Gasteiger partial charge in [0, 0.05) is 22.6 Å². The Morgan fingerprint density at radius 2 is 1.85 bits per heavy atom. The average Bonchev–Trinajstić information content (AvgIpc) is 2.66. The van der Waals surface area contributed by atoms with Crippen LogP contribution in [0.1, 0.15) is 16.1 Å². The molecule has 5 nitrogen and oxygen atoms in total. The van der Waals surface area contributed by atoms with Gasteiger partial charge in [-0.25, -0.2) is 0 Å². The summed E-state index contributed by atoms with van der Waals surface area (Å²) in [5, 5.41) is 6.76. The lowest BCUT2D eigenvalue weighted by Gasteiger charge is -2.12. The summed E-state index contributed by atoms with van der Waals surface area (Å²) < 4.78 is 5.25. The highest BCUT2D eigenvalue weighted by molar-refractivity contribution is 6.31. The Balaban J connectivity index is 1.80. The first-order chi connectivity index (χ1) is 12.6. The van der Waals surface area contributed by atoms with E-state index in [0.29, 0.717) is 22.2 Å². The fourth-order valence-electron chi connectivity index (χ4n) is 2.47. The summed E-state index contributed by atoms with van der Waals surface area (Å²) in [4.78, 5) is 16.7. The van der Waals surface area contributed by atoms with E-state index >= 15 is 0 Å². The van der Waals surface area contributed by atoms with Crippen molar-refractivity contribution in [1.82, 2.24) is 4.98 Å². The predicted octanol–water partition coefficient (Wildman–Crippen LogP) is 5.05. The lowest BCUT2D eigenvalue weighted by atomic mass is 10.2. The molecule has 0 fully saturated rings. The lowest BCUT2D eigenvalue weighted by Crippen LogP contribution is -2.14. The number of rotatable bonds is 5. The summed E-state index contributed by atoms with van der Waals surface area (Å²) in [5.74, 6) is 0.269. The smallest absolute Gasteiger partial charge is 0.274 e. The molecule has 3 rings (SSSR count). The van der Waals surface area contributed by atoms with Crippen molar-refractivity contribution in [3.8, 4) is 5.75 Å². The second-order valence-electron chi connectivity index (χ2n) is 5.62. The third-order valence-electron chi connectivity index (χ3n) is 3.89. The van der Waals surface area contributed by atoms with Gasteiger partial charge in [-0.15, -0.1) is 0 Å². The Morgan fingerprint density at radius 1 is 1.08 bits per heavy atom. The molecular weight excluding hydrogens is 350 g/mol. The van der Waals surface area contributed by atoms with Crippen molar-refractivity contribution < 1.29 is 9.53 Å². The maximum Gasteiger partial charge on any atom is 0.274 e. The molecule has 1 heterocycles. The van der Waals surface area contributed by atoms with Gasteiger partial charge in [0.15, 0.2) is 0 Å². The lowest BCUT2D eigenvalue weighted by molar-refractivity contribution is 0.102. The zero-order valence-electron chi connectivity index (χ0n) is 14.4. The normalized spacial score (nSPS) is 10.3. The van der Waals surface area contributed by atoms with Gasteiger partial charge < -0.3 is 15.4 Å². The van der Waals surface area contributed by atoms with Crippen LogP contribution in [-0.2, 0) is 0 Å². The van der Waals surface area contributed by atoms with Crippen LogP contribution in [0.3, 0.4) is 0 Å². The molecule has 0 radical (unpaired) electrons. The molecule has 26 heavy (non-hydrogen) atoms. The number of amides is 1. The number of carbonyl (C=O) groups is 1. The third-order valence-corrected chi connectivity index (χ3v) is 4.30. The maximum atomic E-state index is 12.5. The van der Waals surface area contributed by atoms with Crippen molar-refractivity contribution in [2.75, 3.05) is 17.7 Å². The van der Waals surface area contributed by atoms with E-state index in [1.807, 2.05) is 37.3 Å². The second-order valence-corrected chi connectivity index (χ2v) is 6.03. The van der Waals surface area contributed by atoms with Gasteiger partial charge in [0.25, 0.3) is 5.91 Å². The molecule has 0 spiro atoms. The Kier molecular flexibility index (Phi) is 5.39. The van der Waals surface area contributed by atoms with Crippen molar-refractivity contribution in [2.45, 2.75) is 6.92 Å². The van der Waals surface area contributed by atoms with Gasteiger partial charge in [0.2, 0.25) is 0 Å². The summed E-state index contributed by atoms with van der Waals surface area (Å²) in [6, 6.07) is 16.3. The molecule has 1 amide bonds. The molecule has 0 aliphatic heterocycles. The van der Waals surface area contributed by atoms with E-state index in [4.69, 9.17) is 16.3 Å². The number of ether oxygens (including phenoxy) is 1. The van der Waals surface area contributed by atoms with Crippen LogP contribution in [0.15, 0.2) is 60.8 Å². The largest absolute Gasteiger partial charge is 0.495 e. The molecule has 2 aromatic carbocycles. The Hall–Kier alpha value is -3.05. The molecule has 3 aromatic rings. The van der Waals surface area contributed by atoms with Crippen molar-refractivity contribution in [1.29, 1.82) is 0 Å². The van der Waals surface area contributed by atoms with E-state index in [2.05, 4.69) is 15.6 Å². The Morgan fingerprint density at radius 3 is 2.65 bits per heavy atom. The average molecular weight is 368 g/mol. The van der Waals surface area contributed by atoms with Gasteiger partial charge in [0.1, 0.15) is 11.4 Å². The van der Waals surface area contributed by atoms with Crippen LogP contribution >= 0.6 is 11.6 Å². The zero-order valence-corrected chi connectivity index (χ0v) is 15.2. The number of halogens is 1. The first-order valence-electron chi connectivity index (χ1n) is 8.01.